The zero-order valence-corrected chi connectivity index (χ0v) is 8.50. The van der Waals surface area contributed by atoms with E-state index in [1.54, 1.807) is 13.8 Å². The second-order valence-corrected chi connectivity index (χ2v) is 3.68. The number of carbonyl (C=O) groups is 1. The molecule has 0 aromatic rings. The smallest absolute Gasteiger partial charge is 0.248 e. The van der Waals surface area contributed by atoms with Crippen molar-refractivity contribution in [1.82, 2.24) is 10.3 Å². The molecule has 5 nitrogen and oxygen atoms in total. The first-order valence-corrected chi connectivity index (χ1v) is 4.33. The van der Waals surface area contributed by atoms with E-state index >= 15 is 0 Å². The first-order chi connectivity index (χ1) is 5.89. The lowest BCUT2D eigenvalue weighted by molar-refractivity contribution is -0.122. The topological polar surface area (TPSA) is 78.6 Å². The van der Waals surface area contributed by atoms with Crippen LogP contribution in [0.15, 0.2) is 0 Å². The van der Waals surface area contributed by atoms with Gasteiger partial charge in [-0.25, -0.2) is 5.84 Å². The van der Waals surface area contributed by atoms with Crippen molar-refractivity contribution >= 4 is 5.91 Å². The Morgan fingerprint density at radius 3 is 2.46 bits per heavy atom. The molecule has 78 valence electrons. The zero-order valence-electron chi connectivity index (χ0n) is 8.50. The van der Waals surface area contributed by atoms with Crippen LogP contribution in [0.1, 0.15) is 20.8 Å². The summed E-state index contributed by atoms with van der Waals surface area (Å²) < 4.78 is 0. The summed E-state index contributed by atoms with van der Waals surface area (Å²) in [7, 11) is 0. The lowest BCUT2D eigenvalue weighted by atomic mass is 10.1. The molecule has 0 aromatic heterocycles. The molecule has 0 heterocycles. The van der Waals surface area contributed by atoms with Gasteiger partial charge in [0.25, 0.3) is 0 Å². The maximum Gasteiger partial charge on any atom is 0.248 e. The number of hydrogen-bond acceptors (Lipinski definition) is 4. The predicted molar refractivity (Wildman–Crippen MR) is 50.7 cm³/mol. The van der Waals surface area contributed by atoms with Gasteiger partial charge in [0.1, 0.15) is 0 Å². The van der Waals surface area contributed by atoms with Gasteiger partial charge in [0.05, 0.1) is 12.1 Å². The third-order valence-electron chi connectivity index (χ3n) is 1.59. The van der Waals surface area contributed by atoms with Gasteiger partial charge in [-0.05, 0) is 20.4 Å². The standard InChI is InChI=1S/C8H19N3O2/c1-4-11(5-7(12)10-9)6-8(2,3)13/h13H,4-6,9H2,1-3H3,(H,10,12). The van der Waals surface area contributed by atoms with Gasteiger partial charge in [0, 0.05) is 6.54 Å². The van der Waals surface area contributed by atoms with Crippen molar-refractivity contribution in [2.45, 2.75) is 26.4 Å². The number of rotatable bonds is 5. The summed E-state index contributed by atoms with van der Waals surface area (Å²) in [6.45, 7) is 6.72. The van der Waals surface area contributed by atoms with Crippen LogP contribution in [-0.4, -0.2) is 41.1 Å². The summed E-state index contributed by atoms with van der Waals surface area (Å²) in [5, 5.41) is 9.50. The Labute approximate surface area is 78.9 Å². The van der Waals surface area contributed by atoms with Gasteiger partial charge >= 0.3 is 0 Å². The monoisotopic (exact) mass is 189 g/mol. The molecular weight excluding hydrogens is 170 g/mol. The molecule has 0 aliphatic rings. The molecule has 0 rings (SSSR count). The maximum atomic E-state index is 10.9. The fourth-order valence-corrected chi connectivity index (χ4v) is 1.08. The average molecular weight is 189 g/mol. The Bertz CT molecular complexity index is 165. The summed E-state index contributed by atoms with van der Waals surface area (Å²) in [5.74, 6) is 4.71. The van der Waals surface area contributed by atoms with Crippen molar-refractivity contribution in [2.75, 3.05) is 19.6 Å². The molecule has 0 saturated carbocycles. The molecule has 4 N–H and O–H groups in total. The molecule has 0 fully saturated rings. The van der Waals surface area contributed by atoms with Crippen LogP contribution in [0.4, 0.5) is 0 Å². The highest BCUT2D eigenvalue weighted by molar-refractivity contribution is 5.77. The van der Waals surface area contributed by atoms with Gasteiger partial charge < -0.3 is 5.11 Å². The number of amides is 1. The Morgan fingerprint density at radius 1 is 1.62 bits per heavy atom. The first-order valence-electron chi connectivity index (χ1n) is 4.33. The molecule has 0 saturated heterocycles. The lowest BCUT2D eigenvalue weighted by Crippen LogP contribution is -2.45. The predicted octanol–water partition coefficient (Wildman–Crippen LogP) is -0.931. The largest absolute Gasteiger partial charge is 0.389 e. The van der Waals surface area contributed by atoms with Gasteiger partial charge in [0.15, 0.2) is 0 Å². The molecular formula is C8H19N3O2. The summed E-state index contributed by atoms with van der Waals surface area (Å²) >= 11 is 0. The molecule has 0 spiro atoms. The van der Waals surface area contributed by atoms with Gasteiger partial charge in [-0.3, -0.25) is 15.1 Å². The molecule has 13 heavy (non-hydrogen) atoms. The van der Waals surface area contributed by atoms with E-state index in [9.17, 15) is 9.90 Å². The molecule has 0 radical (unpaired) electrons. The quantitative estimate of drug-likeness (QED) is 0.296. The van der Waals surface area contributed by atoms with Crippen LogP contribution in [0.2, 0.25) is 0 Å². The fraction of sp³-hybridized carbons (Fsp3) is 0.875. The van der Waals surface area contributed by atoms with E-state index in [0.717, 1.165) is 0 Å². The van der Waals surface area contributed by atoms with Gasteiger partial charge in [-0.15, -0.1) is 0 Å². The Kier molecular flexibility index (Phi) is 4.90. The van der Waals surface area contributed by atoms with Gasteiger partial charge in [-0.2, -0.15) is 0 Å². The molecule has 0 aliphatic heterocycles. The van der Waals surface area contributed by atoms with Crippen LogP contribution in [0.3, 0.4) is 0 Å². The summed E-state index contributed by atoms with van der Waals surface area (Å²) in [4.78, 5) is 12.7. The molecule has 1 amide bonds. The van der Waals surface area contributed by atoms with Crippen molar-refractivity contribution in [2.24, 2.45) is 5.84 Å². The Hall–Kier alpha value is -0.650. The molecule has 5 heteroatoms. The highest BCUT2D eigenvalue weighted by Gasteiger charge is 2.18. The summed E-state index contributed by atoms with van der Waals surface area (Å²) in [5.41, 5.74) is 1.27. The lowest BCUT2D eigenvalue weighted by Gasteiger charge is -2.26. The number of carbonyl (C=O) groups excluding carboxylic acids is 1. The summed E-state index contributed by atoms with van der Waals surface area (Å²) in [6, 6.07) is 0. The Balaban J connectivity index is 3.97. The van der Waals surface area contributed by atoms with Crippen molar-refractivity contribution in [3.8, 4) is 0 Å². The highest BCUT2D eigenvalue weighted by Crippen LogP contribution is 2.03. The molecule has 0 atom stereocenters. The van der Waals surface area contributed by atoms with Crippen molar-refractivity contribution in [3.05, 3.63) is 0 Å². The second-order valence-electron chi connectivity index (χ2n) is 3.68. The van der Waals surface area contributed by atoms with Crippen LogP contribution in [0.5, 0.6) is 0 Å². The second kappa shape index (κ2) is 5.16. The highest BCUT2D eigenvalue weighted by atomic mass is 16.3. The molecule has 0 bridgehead atoms. The van der Waals surface area contributed by atoms with E-state index in [0.29, 0.717) is 13.1 Å². The number of aliphatic hydroxyl groups is 1. The van der Waals surface area contributed by atoms with E-state index < -0.39 is 5.60 Å². The molecule has 0 unspecified atom stereocenters. The normalized spacial score (nSPS) is 11.8. The number of nitrogens with one attached hydrogen (secondary N) is 1. The minimum Gasteiger partial charge on any atom is -0.389 e. The van der Waals surface area contributed by atoms with Crippen molar-refractivity contribution < 1.29 is 9.90 Å². The maximum absolute atomic E-state index is 10.9. The minimum absolute atomic E-state index is 0.219. The van der Waals surface area contributed by atoms with E-state index in [-0.39, 0.29) is 12.5 Å². The van der Waals surface area contributed by atoms with Crippen LogP contribution < -0.4 is 11.3 Å². The molecule has 0 aliphatic carbocycles. The van der Waals surface area contributed by atoms with E-state index in [4.69, 9.17) is 5.84 Å². The van der Waals surface area contributed by atoms with Gasteiger partial charge in [0.2, 0.25) is 5.91 Å². The number of hydrogen-bond donors (Lipinski definition) is 3. The van der Waals surface area contributed by atoms with E-state index in [1.807, 2.05) is 11.8 Å². The van der Waals surface area contributed by atoms with E-state index in [1.165, 1.54) is 0 Å². The Morgan fingerprint density at radius 2 is 2.15 bits per heavy atom. The third-order valence-corrected chi connectivity index (χ3v) is 1.59. The van der Waals surface area contributed by atoms with Crippen molar-refractivity contribution in [1.29, 1.82) is 0 Å². The van der Waals surface area contributed by atoms with E-state index in [2.05, 4.69) is 5.43 Å². The fourth-order valence-electron chi connectivity index (χ4n) is 1.08. The van der Waals surface area contributed by atoms with Crippen LogP contribution in [-0.2, 0) is 4.79 Å². The van der Waals surface area contributed by atoms with Crippen LogP contribution in [0, 0.1) is 0 Å². The van der Waals surface area contributed by atoms with Gasteiger partial charge in [-0.1, -0.05) is 6.92 Å². The minimum atomic E-state index is -0.787. The zero-order chi connectivity index (χ0) is 10.5. The molecule has 0 aromatic carbocycles. The SMILES string of the molecule is CCN(CC(=O)NN)CC(C)(C)O. The van der Waals surface area contributed by atoms with Crippen LogP contribution >= 0.6 is 0 Å². The summed E-state index contributed by atoms with van der Waals surface area (Å²) in [6.07, 6.45) is 0. The number of hydrazine groups is 1. The first kappa shape index (κ1) is 12.3. The number of nitrogens with zero attached hydrogens (tertiary/aromatic N) is 1. The number of likely N-dealkylation sites (N-methyl/N-ethyl adjacent to an activating group) is 1. The average Bonchev–Trinajstić information content (AvgIpc) is 2.00. The van der Waals surface area contributed by atoms with Crippen molar-refractivity contribution in [3.63, 3.8) is 0 Å². The number of nitrogens with two attached hydrogens (primary N) is 1. The van der Waals surface area contributed by atoms with Crippen LogP contribution in [0.25, 0.3) is 0 Å². The third kappa shape index (κ3) is 6.51.